The van der Waals surface area contributed by atoms with E-state index < -0.39 is 0 Å². The number of hydrazine groups is 1. The highest BCUT2D eigenvalue weighted by Gasteiger charge is 2.19. The average Bonchev–Trinajstić information content (AvgIpc) is 2.46. The highest BCUT2D eigenvalue weighted by atomic mass is 32.2. The number of amides is 1. The maximum atomic E-state index is 11.7. The summed E-state index contributed by atoms with van der Waals surface area (Å²) in [5.41, 5.74) is 3.09. The number of nitrogens with one attached hydrogen (secondary N) is 1. The summed E-state index contributed by atoms with van der Waals surface area (Å²) < 4.78 is 0. The summed E-state index contributed by atoms with van der Waals surface area (Å²) in [4.78, 5) is 20.2. The number of benzene rings is 1. The van der Waals surface area contributed by atoms with Crippen molar-refractivity contribution in [3.8, 4) is 0 Å². The van der Waals surface area contributed by atoms with Crippen LogP contribution in [0.3, 0.4) is 0 Å². The van der Waals surface area contributed by atoms with E-state index in [4.69, 9.17) is 5.84 Å². The van der Waals surface area contributed by atoms with Crippen LogP contribution in [0, 0.1) is 0 Å². The summed E-state index contributed by atoms with van der Waals surface area (Å²) in [6.45, 7) is 2.04. The van der Waals surface area contributed by atoms with Gasteiger partial charge in [-0.05, 0) is 12.5 Å². The smallest absolute Gasteiger partial charge is 0.247 e. The van der Waals surface area contributed by atoms with E-state index in [1.165, 1.54) is 18.1 Å². The highest BCUT2D eigenvalue weighted by molar-refractivity contribution is 8.00. The molecule has 0 saturated heterocycles. The van der Waals surface area contributed by atoms with Crippen molar-refractivity contribution in [2.75, 3.05) is 0 Å². The van der Waals surface area contributed by atoms with E-state index in [1.54, 1.807) is 0 Å². The zero-order valence-corrected chi connectivity index (χ0v) is 11.5. The van der Waals surface area contributed by atoms with Gasteiger partial charge in [-0.1, -0.05) is 43.3 Å². The molecule has 0 bridgehead atoms. The second-order valence-electron chi connectivity index (χ2n) is 4.10. The number of hydrogen-bond acceptors (Lipinski definition) is 5. The average molecular weight is 276 g/mol. The van der Waals surface area contributed by atoms with Crippen molar-refractivity contribution in [2.24, 2.45) is 5.84 Å². The summed E-state index contributed by atoms with van der Waals surface area (Å²) in [5, 5.41) is 1.54. The van der Waals surface area contributed by atoms with Crippen LogP contribution in [0.5, 0.6) is 0 Å². The third kappa shape index (κ3) is 3.21. The van der Waals surface area contributed by atoms with Gasteiger partial charge < -0.3 is 0 Å². The van der Waals surface area contributed by atoms with Crippen LogP contribution in [0.15, 0.2) is 35.6 Å². The van der Waals surface area contributed by atoms with E-state index in [1.807, 2.05) is 31.2 Å². The first-order valence-electron chi connectivity index (χ1n) is 6.13. The van der Waals surface area contributed by atoms with Crippen molar-refractivity contribution < 1.29 is 4.79 Å². The molecule has 0 fully saturated rings. The zero-order valence-electron chi connectivity index (χ0n) is 10.7. The minimum absolute atomic E-state index is 0.172. The lowest BCUT2D eigenvalue weighted by Gasteiger charge is -2.14. The van der Waals surface area contributed by atoms with Crippen LogP contribution < -0.4 is 11.3 Å². The number of carbonyl (C=O) groups excluding carboxylic acids is 1. The molecular weight excluding hydrogens is 260 g/mol. The molecule has 1 atom stereocenters. The number of hydrogen-bond donors (Lipinski definition) is 2. The Balaban J connectivity index is 2.31. The molecule has 0 spiro atoms. The van der Waals surface area contributed by atoms with E-state index in [9.17, 15) is 4.79 Å². The molecule has 1 unspecified atom stereocenters. The minimum atomic E-state index is -0.228. The van der Waals surface area contributed by atoms with Crippen LogP contribution in [0.4, 0.5) is 0 Å². The summed E-state index contributed by atoms with van der Waals surface area (Å²) in [6.07, 6.45) is 3.19. The van der Waals surface area contributed by atoms with Crippen molar-refractivity contribution in [3.05, 3.63) is 30.6 Å². The zero-order chi connectivity index (χ0) is 13.7. The molecule has 19 heavy (non-hydrogen) atoms. The molecule has 5 nitrogen and oxygen atoms in total. The Hall–Kier alpha value is -1.66. The molecule has 1 aromatic carbocycles. The van der Waals surface area contributed by atoms with Gasteiger partial charge >= 0.3 is 0 Å². The molecular formula is C13H16N4OS. The number of thioether (sulfide) groups is 1. The molecule has 1 amide bonds. The van der Waals surface area contributed by atoms with Crippen LogP contribution in [-0.2, 0) is 4.79 Å². The molecule has 0 aliphatic carbocycles. The van der Waals surface area contributed by atoms with Crippen molar-refractivity contribution >= 4 is 28.6 Å². The second-order valence-corrected chi connectivity index (χ2v) is 5.29. The van der Waals surface area contributed by atoms with Gasteiger partial charge in [0.15, 0.2) is 0 Å². The lowest BCUT2D eigenvalue weighted by Crippen LogP contribution is -2.37. The summed E-state index contributed by atoms with van der Waals surface area (Å²) >= 11 is 1.43. The monoisotopic (exact) mass is 276 g/mol. The molecule has 0 saturated carbocycles. The molecule has 2 aromatic rings. The maximum absolute atomic E-state index is 11.7. The maximum Gasteiger partial charge on any atom is 0.247 e. The Morgan fingerprint density at radius 1 is 1.42 bits per heavy atom. The standard InChI is InChI=1S/C13H16N4OS/c1-2-5-11(12(18)17-14)19-13-9-6-3-4-7-10(9)15-8-16-13/h3-4,6-8,11H,2,5,14H2,1H3,(H,17,18). The van der Waals surface area contributed by atoms with Gasteiger partial charge in [-0.25, -0.2) is 15.8 Å². The van der Waals surface area contributed by atoms with Gasteiger partial charge in [0.05, 0.1) is 10.8 Å². The van der Waals surface area contributed by atoms with Crippen LogP contribution in [0.1, 0.15) is 19.8 Å². The number of carbonyl (C=O) groups is 1. The fourth-order valence-electron chi connectivity index (χ4n) is 1.81. The van der Waals surface area contributed by atoms with Gasteiger partial charge in [0, 0.05) is 5.39 Å². The Kier molecular flexibility index (Phi) is 4.70. The first kappa shape index (κ1) is 13.8. The number of aromatic nitrogens is 2. The first-order valence-corrected chi connectivity index (χ1v) is 7.01. The largest absolute Gasteiger partial charge is 0.293 e. The van der Waals surface area contributed by atoms with Crippen LogP contribution >= 0.6 is 11.8 Å². The van der Waals surface area contributed by atoms with Gasteiger partial charge in [0.1, 0.15) is 11.4 Å². The first-order chi connectivity index (χ1) is 9.26. The summed E-state index contributed by atoms with van der Waals surface area (Å²) in [6, 6.07) is 7.76. The lowest BCUT2D eigenvalue weighted by molar-refractivity contribution is -0.120. The number of para-hydroxylation sites is 1. The Morgan fingerprint density at radius 2 is 2.21 bits per heavy atom. The molecule has 0 radical (unpaired) electrons. The van der Waals surface area contributed by atoms with Crippen LogP contribution in [-0.4, -0.2) is 21.1 Å². The van der Waals surface area contributed by atoms with Crippen LogP contribution in [0.25, 0.3) is 10.9 Å². The SMILES string of the molecule is CCCC(Sc1ncnc2ccccc12)C(=O)NN. The predicted octanol–water partition coefficient (Wildman–Crippen LogP) is 1.88. The van der Waals surface area contributed by atoms with Gasteiger partial charge in [0.25, 0.3) is 0 Å². The topological polar surface area (TPSA) is 80.9 Å². The van der Waals surface area contributed by atoms with Crippen molar-refractivity contribution in [3.63, 3.8) is 0 Å². The fourth-order valence-corrected chi connectivity index (χ4v) is 3.01. The van der Waals surface area contributed by atoms with Gasteiger partial charge in [-0.2, -0.15) is 0 Å². The lowest BCUT2D eigenvalue weighted by atomic mass is 10.2. The van der Waals surface area contributed by atoms with E-state index in [0.717, 1.165) is 28.8 Å². The molecule has 100 valence electrons. The molecule has 0 aliphatic rings. The van der Waals surface area contributed by atoms with Gasteiger partial charge in [0.2, 0.25) is 5.91 Å². The van der Waals surface area contributed by atoms with Crippen LogP contribution in [0.2, 0.25) is 0 Å². The molecule has 0 aliphatic heterocycles. The quantitative estimate of drug-likeness (QED) is 0.286. The molecule has 2 rings (SSSR count). The molecule has 1 aromatic heterocycles. The van der Waals surface area contributed by atoms with E-state index in [0.29, 0.717) is 0 Å². The third-order valence-corrected chi connectivity index (χ3v) is 4.03. The summed E-state index contributed by atoms with van der Waals surface area (Å²) in [5.74, 6) is 5.05. The number of nitrogens with zero attached hydrogens (tertiary/aromatic N) is 2. The van der Waals surface area contributed by atoms with Gasteiger partial charge in [-0.3, -0.25) is 10.2 Å². The Morgan fingerprint density at radius 3 is 2.95 bits per heavy atom. The van der Waals surface area contributed by atoms with E-state index in [-0.39, 0.29) is 11.2 Å². The second kappa shape index (κ2) is 6.49. The summed E-state index contributed by atoms with van der Waals surface area (Å²) in [7, 11) is 0. The van der Waals surface area contributed by atoms with Crippen molar-refractivity contribution in [2.45, 2.75) is 30.0 Å². The Bertz CT molecular complexity index is 570. The van der Waals surface area contributed by atoms with E-state index in [2.05, 4.69) is 15.4 Å². The third-order valence-electron chi connectivity index (χ3n) is 2.75. The fraction of sp³-hybridized carbons (Fsp3) is 0.308. The molecule has 1 heterocycles. The number of fused-ring (bicyclic) bond motifs is 1. The minimum Gasteiger partial charge on any atom is -0.293 e. The number of rotatable bonds is 5. The van der Waals surface area contributed by atoms with E-state index >= 15 is 0 Å². The predicted molar refractivity (Wildman–Crippen MR) is 76.4 cm³/mol. The Labute approximate surface area is 116 Å². The van der Waals surface area contributed by atoms with Crippen molar-refractivity contribution in [1.29, 1.82) is 0 Å². The normalized spacial score (nSPS) is 12.3. The van der Waals surface area contributed by atoms with Gasteiger partial charge in [-0.15, -0.1) is 0 Å². The highest BCUT2D eigenvalue weighted by Crippen LogP contribution is 2.29. The number of nitrogens with two attached hydrogens (primary N) is 1. The van der Waals surface area contributed by atoms with Crippen molar-refractivity contribution in [1.82, 2.24) is 15.4 Å². The molecule has 6 heteroatoms. The molecule has 3 N–H and O–H groups in total.